The molecule has 188 valence electrons. The van der Waals surface area contributed by atoms with Gasteiger partial charge in [0.15, 0.2) is 0 Å². The number of amides is 2. The number of carbonyl (C=O) groups is 1. The molecule has 0 radical (unpaired) electrons. The van der Waals surface area contributed by atoms with Gasteiger partial charge in [-0.05, 0) is 42.7 Å². The molecule has 37 heavy (non-hydrogen) atoms. The van der Waals surface area contributed by atoms with Crippen LogP contribution in [-0.2, 0) is 5.54 Å². The molecule has 4 aromatic rings. The lowest BCUT2D eigenvalue weighted by molar-refractivity contribution is -0.0399. The van der Waals surface area contributed by atoms with Crippen molar-refractivity contribution in [3.05, 3.63) is 66.2 Å². The van der Waals surface area contributed by atoms with Gasteiger partial charge in [-0.15, -0.1) is 0 Å². The van der Waals surface area contributed by atoms with Gasteiger partial charge < -0.3 is 15.2 Å². The number of anilines is 1. The number of urea groups is 1. The van der Waals surface area contributed by atoms with Crippen molar-refractivity contribution < 1.29 is 4.79 Å². The third kappa shape index (κ3) is 4.32. The molecule has 10 heteroatoms. The highest BCUT2D eigenvalue weighted by atomic mass is 35.5. The molecule has 0 atom stereocenters. The van der Waals surface area contributed by atoms with Gasteiger partial charge in [-0.25, -0.2) is 9.78 Å². The van der Waals surface area contributed by atoms with E-state index < -0.39 is 0 Å². The normalized spacial score (nSPS) is 17.9. The second-order valence-electron chi connectivity index (χ2n) is 9.86. The maximum Gasteiger partial charge on any atom is 0.321 e. The summed E-state index contributed by atoms with van der Waals surface area (Å²) < 4.78 is 1.98. The summed E-state index contributed by atoms with van der Waals surface area (Å²) in [6, 6.07) is 13.9. The SMILES string of the molecule is N#CCC1(n2cc(-c3ccnc4[nH]ccc34)cn2)CN(C2CCN(C(=O)Nc3ccccc3Cl)CC2)C1. The molecule has 2 fully saturated rings. The topological polar surface area (TPSA) is 106 Å². The van der Waals surface area contributed by atoms with Crippen molar-refractivity contribution in [2.75, 3.05) is 31.5 Å². The third-order valence-electron chi connectivity index (χ3n) is 7.63. The number of para-hydroxylation sites is 1. The van der Waals surface area contributed by atoms with Gasteiger partial charge in [-0.1, -0.05) is 23.7 Å². The van der Waals surface area contributed by atoms with E-state index in [9.17, 15) is 10.1 Å². The quantitative estimate of drug-likeness (QED) is 0.401. The molecule has 2 amide bonds. The third-order valence-corrected chi connectivity index (χ3v) is 7.96. The van der Waals surface area contributed by atoms with Crippen molar-refractivity contribution >= 4 is 34.4 Å². The molecule has 0 saturated carbocycles. The number of nitrogens with one attached hydrogen (secondary N) is 2. The molecule has 1 aromatic carbocycles. The van der Waals surface area contributed by atoms with E-state index in [1.807, 2.05) is 46.2 Å². The number of nitriles is 1. The van der Waals surface area contributed by atoms with Crippen LogP contribution in [0.25, 0.3) is 22.2 Å². The predicted molar refractivity (Wildman–Crippen MR) is 142 cm³/mol. The van der Waals surface area contributed by atoms with Gasteiger partial charge in [-0.3, -0.25) is 9.58 Å². The minimum absolute atomic E-state index is 0.120. The van der Waals surface area contributed by atoms with Crippen molar-refractivity contribution in [3.63, 3.8) is 0 Å². The van der Waals surface area contributed by atoms with Gasteiger partial charge in [0.05, 0.1) is 29.4 Å². The number of benzene rings is 1. The monoisotopic (exact) mass is 514 g/mol. The largest absolute Gasteiger partial charge is 0.346 e. The molecule has 2 aliphatic heterocycles. The summed E-state index contributed by atoms with van der Waals surface area (Å²) in [5.74, 6) is 0. The second kappa shape index (κ2) is 9.54. The van der Waals surface area contributed by atoms with E-state index in [0.717, 1.165) is 48.1 Å². The number of likely N-dealkylation sites (tertiary alicyclic amines) is 2. The number of hydrogen-bond donors (Lipinski definition) is 2. The molecule has 0 bridgehead atoms. The van der Waals surface area contributed by atoms with Gasteiger partial charge in [0, 0.05) is 61.8 Å². The van der Waals surface area contributed by atoms with Crippen LogP contribution >= 0.6 is 11.6 Å². The number of H-pyrrole nitrogens is 1. The Balaban J connectivity index is 1.10. The van der Waals surface area contributed by atoms with Crippen LogP contribution in [0.5, 0.6) is 0 Å². The summed E-state index contributed by atoms with van der Waals surface area (Å²) in [5, 5.41) is 18.8. The van der Waals surface area contributed by atoms with Crippen LogP contribution in [0.15, 0.2) is 61.2 Å². The average Bonchev–Trinajstić information content (AvgIpc) is 3.58. The smallest absolute Gasteiger partial charge is 0.321 e. The first-order chi connectivity index (χ1) is 18.1. The van der Waals surface area contributed by atoms with Crippen molar-refractivity contribution in [3.8, 4) is 17.2 Å². The first-order valence-corrected chi connectivity index (χ1v) is 12.8. The molecule has 0 unspecified atom stereocenters. The lowest BCUT2D eigenvalue weighted by atomic mass is 9.84. The molecule has 5 heterocycles. The van der Waals surface area contributed by atoms with Crippen LogP contribution in [0.3, 0.4) is 0 Å². The van der Waals surface area contributed by atoms with E-state index in [4.69, 9.17) is 16.7 Å². The van der Waals surface area contributed by atoms with E-state index >= 15 is 0 Å². The van der Waals surface area contributed by atoms with E-state index in [1.54, 1.807) is 18.3 Å². The molecule has 0 aliphatic carbocycles. The van der Waals surface area contributed by atoms with Crippen molar-refractivity contribution in [1.82, 2.24) is 29.5 Å². The van der Waals surface area contributed by atoms with E-state index in [0.29, 0.717) is 36.3 Å². The molecule has 2 N–H and O–H groups in total. The zero-order valence-corrected chi connectivity index (χ0v) is 21.0. The highest BCUT2D eigenvalue weighted by Gasteiger charge is 2.48. The molecule has 6 rings (SSSR count). The van der Waals surface area contributed by atoms with E-state index in [1.165, 1.54) is 0 Å². The summed E-state index contributed by atoms with van der Waals surface area (Å²) in [5.41, 5.74) is 3.22. The predicted octanol–water partition coefficient (Wildman–Crippen LogP) is 4.70. The fourth-order valence-corrected chi connectivity index (χ4v) is 5.76. The summed E-state index contributed by atoms with van der Waals surface area (Å²) in [6.45, 7) is 2.91. The number of aromatic amines is 1. The summed E-state index contributed by atoms with van der Waals surface area (Å²) in [7, 11) is 0. The Labute approximate surface area is 219 Å². The lowest BCUT2D eigenvalue weighted by Gasteiger charge is -2.53. The number of hydrogen-bond acceptors (Lipinski definition) is 5. The number of rotatable bonds is 5. The number of fused-ring (bicyclic) bond motifs is 1. The molecular formula is C27H27ClN8O. The van der Waals surface area contributed by atoms with Crippen LogP contribution in [0.2, 0.25) is 5.02 Å². The number of piperidine rings is 1. The minimum Gasteiger partial charge on any atom is -0.346 e. The molecular weight excluding hydrogens is 488 g/mol. The Kier molecular flexibility index (Phi) is 6.07. The highest BCUT2D eigenvalue weighted by molar-refractivity contribution is 6.33. The standard InChI is InChI=1S/C27H27ClN8O/c28-23-3-1-2-4-24(23)33-26(37)34-13-7-20(8-14-34)35-17-27(18-35,9-10-29)36-16-19(15-32-36)21-5-11-30-25-22(21)6-12-31-25/h1-6,11-12,15-16,20H,7-9,13-14,17-18H2,(H,30,31)(H,33,37). The van der Waals surface area contributed by atoms with E-state index in [2.05, 4.69) is 32.5 Å². The van der Waals surface area contributed by atoms with Crippen molar-refractivity contribution in [2.24, 2.45) is 0 Å². The van der Waals surface area contributed by atoms with Crippen LogP contribution < -0.4 is 5.32 Å². The van der Waals surface area contributed by atoms with Gasteiger partial charge in [0.1, 0.15) is 11.2 Å². The van der Waals surface area contributed by atoms with Crippen molar-refractivity contribution in [1.29, 1.82) is 5.26 Å². The number of carbonyl (C=O) groups excluding carboxylic acids is 1. The average molecular weight is 515 g/mol. The fraction of sp³-hybridized carbons (Fsp3) is 0.333. The molecule has 3 aromatic heterocycles. The number of nitrogens with zero attached hydrogens (tertiary/aromatic N) is 6. The Hall–Kier alpha value is -3.87. The number of halogens is 1. The maximum absolute atomic E-state index is 12.7. The van der Waals surface area contributed by atoms with Crippen LogP contribution in [0.4, 0.5) is 10.5 Å². The zero-order valence-electron chi connectivity index (χ0n) is 20.3. The van der Waals surface area contributed by atoms with Crippen LogP contribution in [0, 0.1) is 11.3 Å². The fourth-order valence-electron chi connectivity index (χ4n) is 5.58. The second-order valence-corrected chi connectivity index (χ2v) is 10.3. The molecule has 2 aliphatic rings. The zero-order chi connectivity index (χ0) is 25.4. The van der Waals surface area contributed by atoms with Crippen LogP contribution in [-0.4, -0.2) is 67.8 Å². The highest BCUT2D eigenvalue weighted by Crippen LogP contribution is 2.37. The Morgan fingerprint density at radius 2 is 2.03 bits per heavy atom. The molecule has 2 saturated heterocycles. The Morgan fingerprint density at radius 3 is 2.81 bits per heavy atom. The maximum atomic E-state index is 12.7. The minimum atomic E-state index is -0.337. The van der Waals surface area contributed by atoms with Gasteiger partial charge in [0.2, 0.25) is 0 Å². The first-order valence-electron chi connectivity index (χ1n) is 12.5. The van der Waals surface area contributed by atoms with Gasteiger partial charge >= 0.3 is 6.03 Å². The van der Waals surface area contributed by atoms with Gasteiger partial charge in [-0.2, -0.15) is 10.4 Å². The molecule has 9 nitrogen and oxygen atoms in total. The summed E-state index contributed by atoms with van der Waals surface area (Å²) >= 11 is 6.18. The van der Waals surface area contributed by atoms with E-state index in [-0.39, 0.29) is 11.6 Å². The Morgan fingerprint density at radius 1 is 1.22 bits per heavy atom. The molecule has 0 spiro atoms. The Bertz CT molecular complexity index is 1470. The first kappa shape index (κ1) is 23.5. The number of pyridine rings is 1. The van der Waals surface area contributed by atoms with Crippen LogP contribution in [0.1, 0.15) is 19.3 Å². The summed E-state index contributed by atoms with van der Waals surface area (Å²) in [6.07, 6.45) is 9.80. The van der Waals surface area contributed by atoms with Gasteiger partial charge in [0.25, 0.3) is 0 Å². The van der Waals surface area contributed by atoms with Crippen molar-refractivity contribution in [2.45, 2.75) is 30.8 Å². The summed E-state index contributed by atoms with van der Waals surface area (Å²) in [4.78, 5) is 24.5. The number of aromatic nitrogens is 4. The lowest BCUT2D eigenvalue weighted by Crippen LogP contribution is -2.66.